The first-order valence-electron chi connectivity index (χ1n) is 5.90. The van der Waals surface area contributed by atoms with Crippen LogP contribution < -0.4 is 16.0 Å². The van der Waals surface area contributed by atoms with Gasteiger partial charge in [0, 0.05) is 25.7 Å². The Morgan fingerprint density at radius 2 is 2.44 bits per heavy atom. The molecule has 0 aliphatic heterocycles. The van der Waals surface area contributed by atoms with E-state index in [1.165, 1.54) is 0 Å². The molecule has 0 aliphatic rings. The highest BCUT2D eigenvalue weighted by Gasteiger charge is 1.96. The van der Waals surface area contributed by atoms with Gasteiger partial charge < -0.3 is 15.2 Å². The minimum absolute atomic E-state index is 0.516. The molecule has 98 valence electrons. The van der Waals surface area contributed by atoms with Gasteiger partial charge in [0.15, 0.2) is 6.19 Å². The Balaban J connectivity index is 2.17. The van der Waals surface area contributed by atoms with Gasteiger partial charge in [-0.05, 0) is 6.42 Å². The van der Waals surface area contributed by atoms with E-state index in [4.69, 9.17) is 9.78 Å². The molecule has 0 radical (unpaired) electrons. The molecule has 1 heterocycles. The van der Waals surface area contributed by atoms with Gasteiger partial charge in [0.1, 0.15) is 6.26 Å². The first-order valence-corrected chi connectivity index (χ1v) is 5.90. The van der Waals surface area contributed by atoms with E-state index in [0.29, 0.717) is 25.6 Å². The summed E-state index contributed by atoms with van der Waals surface area (Å²) in [7, 11) is 0. The van der Waals surface area contributed by atoms with E-state index in [2.05, 4.69) is 33.0 Å². The van der Waals surface area contributed by atoms with Crippen molar-refractivity contribution in [2.45, 2.75) is 19.9 Å². The summed E-state index contributed by atoms with van der Waals surface area (Å²) < 4.78 is 4.71. The molecule has 0 atom stereocenters. The summed E-state index contributed by atoms with van der Waals surface area (Å²) in [6.07, 6.45) is 4.38. The van der Waals surface area contributed by atoms with Gasteiger partial charge in [0.2, 0.25) is 5.96 Å². The largest absolute Gasteiger partial charge is 0.364 e. The zero-order chi connectivity index (χ0) is 13.1. The van der Waals surface area contributed by atoms with Gasteiger partial charge in [-0.2, -0.15) is 5.26 Å². The molecule has 1 aromatic rings. The number of hydrogen-bond acceptors (Lipinski definition) is 5. The zero-order valence-corrected chi connectivity index (χ0v) is 10.4. The maximum Gasteiger partial charge on any atom is 0.204 e. The van der Waals surface area contributed by atoms with Crippen molar-refractivity contribution in [3.63, 3.8) is 0 Å². The summed E-state index contributed by atoms with van der Waals surface area (Å²) in [5.41, 5.74) is 0.860. The van der Waals surface area contributed by atoms with Gasteiger partial charge in [0.05, 0.1) is 12.2 Å². The summed E-state index contributed by atoms with van der Waals surface area (Å²) in [5.74, 6) is 0.516. The molecular weight excluding hydrogens is 232 g/mol. The van der Waals surface area contributed by atoms with Crippen molar-refractivity contribution in [1.82, 2.24) is 21.1 Å². The molecule has 0 fully saturated rings. The van der Waals surface area contributed by atoms with Gasteiger partial charge in [-0.1, -0.05) is 12.1 Å². The fourth-order valence-corrected chi connectivity index (χ4v) is 1.23. The minimum Gasteiger partial charge on any atom is -0.364 e. The topological polar surface area (TPSA) is 98.3 Å². The summed E-state index contributed by atoms with van der Waals surface area (Å²) in [6, 6.07) is 1.81. The van der Waals surface area contributed by atoms with E-state index in [1.54, 1.807) is 6.26 Å². The van der Waals surface area contributed by atoms with Crippen LogP contribution >= 0.6 is 0 Å². The molecule has 0 aromatic carbocycles. The van der Waals surface area contributed by atoms with Crippen LogP contribution in [0.2, 0.25) is 0 Å². The molecule has 3 N–H and O–H groups in total. The first kappa shape index (κ1) is 14.0. The highest BCUT2D eigenvalue weighted by atomic mass is 16.5. The maximum absolute atomic E-state index is 8.55. The Bertz CT molecular complexity index is 381. The average molecular weight is 250 g/mol. The third-order valence-corrected chi connectivity index (χ3v) is 2.07. The lowest BCUT2D eigenvalue weighted by Crippen LogP contribution is -2.35. The lowest BCUT2D eigenvalue weighted by atomic mass is 10.4. The Labute approximate surface area is 106 Å². The highest BCUT2D eigenvalue weighted by molar-refractivity contribution is 5.81. The second-order valence-electron chi connectivity index (χ2n) is 3.56. The van der Waals surface area contributed by atoms with Crippen molar-refractivity contribution in [3.05, 3.63) is 18.0 Å². The van der Waals surface area contributed by atoms with Crippen LogP contribution in [0.3, 0.4) is 0 Å². The molecule has 0 bridgehead atoms. The number of guanidine groups is 1. The van der Waals surface area contributed by atoms with Crippen LogP contribution in [0.4, 0.5) is 0 Å². The van der Waals surface area contributed by atoms with Crippen LogP contribution in [-0.2, 0) is 6.54 Å². The van der Waals surface area contributed by atoms with Crippen LogP contribution in [0.5, 0.6) is 0 Å². The Morgan fingerprint density at radius 1 is 1.56 bits per heavy atom. The minimum atomic E-state index is 0.516. The number of nitrogens with one attached hydrogen (secondary N) is 3. The van der Waals surface area contributed by atoms with E-state index >= 15 is 0 Å². The van der Waals surface area contributed by atoms with Crippen LogP contribution in [0.15, 0.2) is 21.8 Å². The summed E-state index contributed by atoms with van der Waals surface area (Å²) >= 11 is 0. The second kappa shape index (κ2) is 9.01. The molecule has 0 spiro atoms. The maximum atomic E-state index is 8.55. The quantitative estimate of drug-likeness (QED) is 0.210. The number of rotatable bonds is 7. The standard InChI is InChI=1S/C11H18N6O/c1-2-4-14-11(16-9-12)15-6-5-13-8-10-3-7-18-17-10/h3,7,13H,2,4-6,8H2,1H3,(H2,14,15,16). The van der Waals surface area contributed by atoms with E-state index < -0.39 is 0 Å². The summed E-state index contributed by atoms with van der Waals surface area (Å²) in [5, 5.41) is 21.0. The Kier molecular flexibility index (Phi) is 7.01. The lowest BCUT2D eigenvalue weighted by molar-refractivity contribution is 0.409. The summed E-state index contributed by atoms with van der Waals surface area (Å²) in [4.78, 5) is 4.24. The fraction of sp³-hybridized carbons (Fsp3) is 0.545. The smallest absolute Gasteiger partial charge is 0.204 e. The average Bonchev–Trinajstić information content (AvgIpc) is 2.88. The summed E-state index contributed by atoms with van der Waals surface area (Å²) in [6.45, 7) is 4.78. The fourth-order valence-electron chi connectivity index (χ4n) is 1.23. The Hall–Kier alpha value is -2.07. The molecule has 0 saturated heterocycles. The number of hydrogen-bond donors (Lipinski definition) is 3. The van der Waals surface area contributed by atoms with Crippen molar-refractivity contribution in [2.75, 3.05) is 19.6 Å². The van der Waals surface area contributed by atoms with Crippen LogP contribution in [-0.4, -0.2) is 30.8 Å². The Morgan fingerprint density at radius 3 is 3.11 bits per heavy atom. The van der Waals surface area contributed by atoms with Crippen molar-refractivity contribution in [2.24, 2.45) is 4.99 Å². The molecular formula is C11H18N6O. The molecule has 0 saturated carbocycles. The predicted octanol–water partition coefficient (Wildman–Crippen LogP) is 0.190. The lowest BCUT2D eigenvalue weighted by Gasteiger charge is -2.06. The third-order valence-electron chi connectivity index (χ3n) is 2.07. The van der Waals surface area contributed by atoms with Gasteiger partial charge in [0.25, 0.3) is 0 Å². The van der Waals surface area contributed by atoms with Gasteiger partial charge in [-0.3, -0.25) is 10.3 Å². The van der Waals surface area contributed by atoms with Crippen molar-refractivity contribution in [1.29, 1.82) is 5.26 Å². The van der Waals surface area contributed by atoms with Gasteiger partial charge in [-0.15, -0.1) is 0 Å². The first-order chi connectivity index (χ1) is 8.86. The van der Waals surface area contributed by atoms with Gasteiger partial charge in [-0.25, -0.2) is 0 Å². The SMILES string of the molecule is CCCN/C(=N/CCNCc1ccon1)NC#N. The van der Waals surface area contributed by atoms with Crippen molar-refractivity contribution < 1.29 is 4.52 Å². The normalized spacial score (nSPS) is 11.0. The van der Waals surface area contributed by atoms with E-state index in [-0.39, 0.29) is 0 Å². The molecule has 1 rings (SSSR count). The zero-order valence-electron chi connectivity index (χ0n) is 10.4. The number of aliphatic imine (C=N–C) groups is 1. The van der Waals surface area contributed by atoms with E-state index in [9.17, 15) is 0 Å². The monoisotopic (exact) mass is 250 g/mol. The molecule has 0 aliphatic carbocycles. The molecule has 0 unspecified atom stereocenters. The number of aromatic nitrogens is 1. The van der Waals surface area contributed by atoms with E-state index in [1.807, 2.05) is 12.3 Å². The molecule has 7 heteroatoms. The second-order valence-corrected chi connectivity index (χ2v) is 3.56. The van der Waals surface area contributed by atoms with E-state index in [0.717, 1.165) is 18.7 Å². The molecule has 1 aromatic heterocycles. The van der Waals surface area contributed by atoms with Crippen LogP contribution in [0, 0.1) is 11.5 Å². The number of nitrogens with zero attached hydrogens (tertiary/aromatic N) is 3. The van der Waals surface area contributed by atoms with Crippen molar-refractivity contribution >= 4 is 5.96 Å². The third kappa shape index (κ3) is 5.86. The predicted molar refractivity (Wildman–Crippen MR) is 67.6 cm³/mol. The highest BCUT2D eigenvalue weighted by Crippen LogP contribution is 1.91. The van der Waals surface area contributed by atoms with Crippen molar-refractivity contribution in [3.8, 4) is 6.19 Å². The van der Waals surface area contributed by atoms with Gasteiger partial charge >= 0.3 is 0 Å². The molecule has 7 nitrogen and oxygen atoms in total. The molecule has 0 amide bonds. The molecule has 18 heavy (non-hydrogen) atoms. The van der Waals surface area contributed by atoms with Crippen LogP contribution in [0.25, 0.3) is 0 Å². The van der Waals surface area contributed by atoms with Crippen LogP contribution in [0.1, 0.15) is 19.0 Å². The number of nitriles is 1.